The van der Waals surface area contributed by atoms with Crippen molar-refractivity contribution in [2.45, 2.75) is 33.3 Å². The number of amides is 1. The zero-order valence-corrected chi connectivity index (χ0v) is 15.2. The number of rotatable bonds is 8. The Bertz CT molecular complexity index is 763. The van der Waals surface area contributed by atoms with Crippen LogP contribution in [0.5, 0.6) is 11.5 Å². The maximum atomic E-state index is 12.1. The number of carbonyl (C=O) groups is 1. The predicted octanol–water partition coefficient (Wildman–Crippen LogP) is 4.18. The zero-order chi connectivity index (χ0) is 18.4. The van der Waals surface area contributed by atoms with Gasteiger partial charge in [-0.2, -0.15) is 5.10 Å². The lowest BCUT2D eigenvalue weighted by Gasteiger charge is -2.08. The van der Waals surface area contributed by atoms with E-state index >= 15 is 0 Å². The fraction of sp³-hybridized carbons (Fsp3) is 0.333. The number of nitrogens with zero attached hydrogens (tertiary/aromatic N) is 1. The van der Waals surface area contributed by atoms with Gasteiger partial charge < -0.3 is 9.47 Å². The smallest absolute Gasteiger partial charge is 0.271 e. The van der Waals surface area contributed by atoms with Crippen molar-refractivity contribution in [3.8, 4) is 11.5 Å². The Hall–Kier alpha value is -2.82. The lowest BCUT2D eigenvalue weighted by atomic mass is 10.1. The van der Waals surface area contributed by atoms with E-state index < -0.39 is 0 Å². The Morgan fingerprint density at radius 2 is 1.65 bits per heavy atom. The largest absolute Gasteiger partial charge is 0.494 e. The van der Waals surface area contributed by atoms with Crippen LogP contribution in [0.4, 0.5) is 0 Å². The minimum absolute atomic E-state index is 0.191. The molecular formula is C21H24N2O3. The molecule has 0 bridgehead atoms. The topological polar surface area (TPSA) is 59.9 Å². The maximum Gasteiger partial charge on any atom is 0.271 e. The molecule has 1 aliphatic rings. The van der Waals surface area contributed by atoms with Crippen LogP contribution >= 0.6 is 0 Å². The van der Waals surface area contributed by atoms with Gasteiger partial charge in [-0.05, 0) is 74.6 Å². The number of ether oxygens (including phenoxy) is 2. The fourth-order valence-electron chi connectivity index (χ4n) is 2.51. The van der Waals surface area contributed by atoms with E-state index in [1.165, 1.54) is 12.8 Å². The van der Waals surface area contributed by atoms with Gasteiger partial charge in [-0.1, -0.05) is 12.1 Å². The molecule has 0 aromatic heterocycles. The van der Waals surface area contributed by atoms with Crippen LogP contribution < -0.4 is 14.9 Å². The van der Waals surface area contributed by atoms with Crippen LogP contribution in [-0.4, -0.2) is 18.2 Å². The normalized spacial score (nSPS) is 14.0. The summed E-state index contributed by atoms with van der Waals surface area (Å²) in [4.78, 5) is 12.1. The van der Waals surface area contributed by atoms with Gasteiger partial charge in [0.25, 0.3) is 5.91 Å². The van der Waals surface area contributed by atoms with E-state index in [0.29, 0.717) is 24.7 Å². The third kappa shape index (κ3) is 5.09. The minimum atomic E-state index is -0.191. The van der Waals surface area contributed by atoms with Gasteiger partial charge in [0.15, 0.2) is 0 Å². The summed E-state index contributed by atoms with van der Waals surface area (Å²) in [7, 11) is 0. The lowest BCUT2D eigenvalue weighted by Crippen LogP contribution is -2.19. The molecule has 0 saturated heterocycles. The average molecular weight is 352 g/mol. The van der Waals surface area contributed by atoms with Gasteiger partial charge in [0, 0.05) is 11.3 Å². The Labute approximate surface area is 154 Å². The van der Waals surface area contributed by atoms with Crippen LogP contribution in [0.1, 0.15) is 42.6 Å². The second-order valence-corrected chi connectivity index (χ2v) is 6.36. The summed E-state index contributed by atoms with van der Waals surface area (Å²) >= 11 is 0. The first-order valence-corrected chi connectivity index (χ1v) is 8.95. The molecule has 0 radical (unpaired) electrons. The molecule has 26 heavy (non-hydrogen) atoms. The average Bonchev–Trinajstić information content (AvgIpc) is 3.51. The van der Waals surface area contributed by atoms with Crippen LogP contribution in [0.2, 0.25) is 0 Å². The monoisotopic (exact) mass is 352 g/mol. The van der Waals surface area contributed by atoms with E-state index in [0.717, 1.165) is 22.8 Å². The molecule has 5 heteroatoms. The van der Waals surface area contributed by atoms with E-state index in [9.17, 15) is 4.79 Å². The molecule has 1 amide bonds. The lowest BCUT2D eigenvalue weighted by molar-refractivity contribution is 0.0954. The number of benzene rings is 2. The summed E-state index contributed by atoms with van der Waals surface area (Å²) in [6.45, 7) is 4.99. The van der Waals surface area contributed by atoms with E-state index in [1.807, 2.05) is 50.2 Å². The zero-order valence-electron chi connectivity index (χ0n) is 15.2. The molecule has 3 rings (SSSR count). The Balaban J connectivity index is 1.50. The summed E-state index contributed by atoms with van der Waals surface area (Å²) < 4.78 is 11.2. The number of hydrogen-bond donors (Lipinski definition) is 1. The summed E-state index contributed by atoms with van der Waals surface area (Å²) in [5, 5.41) is 4.16. The van der Waals surface area contributed by atoms with Gasteiger partial charge in [-0.25, -0.2) is 5.43 Å². The van der Waals surface area contributed by atoms with Crippen LogP contribution in [0.25, 0.3) is 0 Å². The molecule has 0 aliphatic heterocycles. The molecule has 1 aliphatic carbocycles. The summed E-state index contributed by atoms with van der Waals surface area (Å²) in [6, 6.07) is 14.9. The summed E-state index contributed by atoms with van der Waals surface area (Å²) in [5.41, 5.74) is 5.20. The molecule has 2 aromatic carbocycles. The molecule has 1 N–H and O–H groups in total. The SMILES string of the molecule is CCOc1ccc(OCc2ccc(C(=O)NN=C(C)C3CC3)cc2)cc1. The van der Waals surface area contributed by atoms with Gasteiger partial charge >= 0.3 is 0 Å². The Morgan fingerprint density at radius 1 is 1.04 bits per heavy atom. The molecule has 1 saturated carbocycles. The van der Waals surface area contributed by atoms with Crippen molar-refractivity contribution in [3.63, 3.8) is 0 Å². The molecular weight excluding hydrogens is 328 g/mol. The minimum Gasteiger partial charge on any atom is -0.494 e. The highest BCUT2D eigenvalue weighted by Gasteiger charge is 2.24. The number of carbonyl (C=O) groups excluding carboxylic acids is 1. The molecule has 136 valence electrons. The van der Waals surface area contributed by atoms with Crippen molar-refractivity contribution in [2.24, 2.45) is 11.0 Å². The Kier molecular flexibility index (Phi) is 5.89. The van der Waals surface area contributed by atoms with E-state index in [1.54, 1.807) is 12.1 Å². The van der Waals surface area contributed by atoms with Gasteiger partial charge in [0.05, 0.1) is 6.61 Å². The van der Waals surface area contributed by atoms with Crippen molar-refractivity contribution in [1.82, 2.24) is 5.43 Å². The predicted molar refractivity (Wildman–Crippen MR) is 102 cm³/mol. The van der Waals surface area contributed by atoms with Gasteiger partial charge in [0.1, 0.15) is 18.1 Å². The van der Waals surface area contributed by atoms with Crippen LogP contribution in [0.3, 0.4) is 0 Å². The highest BCUT2D eigenvalue weighted by atomic mass is 16.5. The quantitative estimate of drug-likeness (QED) is 0.573. The standard InChI is InChI=1S/C21H24N2O3/c1-3-25-19-10-12-20(13-11-19)26-14-16-4-6-18(7-5-16)21(24)23-22-15(2)17-8-9-17/h4-7,10-13,17H,3,8-9,14H2,1-2H3,(H,23,24). The first kappa shape index (κ1) is 18.0. The summed E-state index contributed by atoms with van der Waals surface area (Å²) in [5.74, 6) is 1.97. The number of hydrazone groups is 1. The molecule has 0 atom stereocenters. The van der Waals surface area contributed by atoms with E-state index in [4.69, 9.17) is 9.47 Å². The van der Waals surface area contributed by atoms with Crippen LogP contribution in [-0.2, 0) is 6.61 Å². The van der Waals surface area contributed by atoms with Crippen molar-refractivity contribution in [1.29, 1.82) is 0 Å². The van der Waals surface area contributed by atoms with E-state index in [2.05, 4.69) is 10.5 Å². The van der Waals surface area contributed by atoms with Crippen LogP contribution in [0, 0.1) is 5.92 Å². The van der Waals surface area contributed by atoms with Crippen molar-refractivity contribution in [3.05, 3.63) is 59.7 Å². The van der Waals surface area contributed by atoms with E-state index in [-0.39, 0.29) is 5.91 Å². The van der Waals surface area contributed by atoms with Crippen molar-refractivity contribution >= 4 is 11.6 Å². The Morgan fingerprint density at radius 3 is 2.23 bits per heavy atom. The van der Waals surface area contributed by atoms with Crippen molar-refractivity contribution in [2.75, 3.05) is 6.61 Å². The molecule has 0 spiro atoms. The first-order valence-electron chi connectivity index (χ1n) is 8.95. The third-order valence-electron chi connectivity index (χ3n) is 4.26. The van der Waals surface area contributed by atoms with Gasteiger partial charge in [0.2, 0.25) is 0 Å². The first-order chi connectivity index (χ1) is 12.7. The highest BCUT2D eigenvalue weighted by molar-refractivity contribution is 5.95. The number of nitrogens with one attached hydrogen (secondary N) is 1. The number of hydrogen-bond acceptors (Lipinski definition) is 4. The molecule has 5 nitrogen and oxygen atoms in total. The molecule has 0 unspecified atom stereocenters. The second kappa shape index (κ2) is 8.52. The maximum absolute atomic E-state index is 12.1. The van der Waals surface area contributed by atoms with Crippen LogP contribution in [0.15, 0.2) is 53.6 Å². The summed E-state index contributed by atoms with van der Waals surface area (Å²) in [6.07, 6.45) is 2.35. The highest BCUT2D eigenvalue weighted by Crippen LogP contribution is 2.30. The fourth-order valence-corrected chi connectivity index (χ4v) is 2.51. The molecule has 1 fully saturated rings. The van der Waals surface area contributed by atoms with Gasteiger partial charge in [-0.3, -0.25) is 4.79 Å². The molecule has 2 aromatic rings. The molecule has 0 heterocycles. The van der Waals surface area contributed by atoms with Gasteiger partial charge in [-0.15, -0.1) is 0 Å². The van der Waals surface area contributed by atoms with Crippen molar-refractivity contribution < 1.29 is 14.3 Å². The third-order valence-corrected chi connectivity index (χ3v) is 4.26. The second-order valence-electron chi connectivity index (χ2n) is 6.36.